The van der Waals surface area contributed by atoms with E-state index in [1.54, 1.807) is 0 Å². The van der Waals surface area contributed by atoms with Gasteiger partial charge < -0.3 is 24.3 Å². The number of aliphatic hydroxyl groups excluding tert-OH is 2. The van der Waals surface area contributed by atoms with Crippen LogP contribution in [0.5, 0.6) is 0 Å². The minimum atomic E-state index is -1.98. The van der Waals surface area contributed by atoms with Crippen molar-refractivity contribution in [2.45, 2.75) is 87.5 Å². The van der Waals surface area contributed by atoms with Crippen LogP contribution in [0.1, 0.15) is 56.9 Å². The van der Waals surface area contributed by atoms with Gasteiger partial charge in [-0.3, -0.25) is 0 Å². The Balaban J connectivity index is 1.29. The van der Waals surface area contributed by atoms with Gasteiger partial charge in [-0.1, -0.05) is 25.1 Å². The van der Waals surface area contributed by atoms with E-state index in [0.717, 1.165) is 41.5 Å². The molecule has 5 aliphatic rings. The summed E-state index contributed by atoms with van der Waals surface area (Å²) in [6.45, 7) is 4.18. The second-order valence-electron chi connectivity index (χ2n) is 12.4. The molecule has 1 aromatic heterocycles. The van der Waals surface area contributed by atoms with E-state index in [1.165, 1.54) is 5.57 Å². The summed E-state index contributed by atoms with van der Waals surface area (Å²) in [6.07, 6.45) is 5.39. The number of benzene rings is 1. The summed E-state index contributed by atoms with van der Waals surface area (Å²) in [5.41, 5.74) is 1.31. The molecule has 2 aromatic rings. The first-order valence-corrected chi connectivity index (χ1v) is 13.2. The fourth-order valence-corrected chi connectivity index (χ4v) is 8.64. The zero-order valence-electron chi connectivity index (χ0n) is 21.4. The van der Waals surface area contributed by atoms with E-state index in [-0.39, 0.29) is 23.8 Å². The van der Waals surface area contributed by atoms with Gasteiger partial charge >= 0.3 is 0 Å². The Morgan fingerprint density at radius 1 is 1.17 bits per heavy atom. The first-order chi connectivity index (χ1) is 17.0. The van der Waals surface area contributed by atoms with Crippen LogP contribution in [-0.4, -0.2) is 69.3 Å². The Morgan fingerprint density at radius 3 is 2.75 bits per heavy atom. The van der Waals surface area contributed by atoms with Crippen molar-refractivity contribution in [3.05, 3.63) is 47.4 Å². The Labute approximate surface area is 210 Å². The van der Waals surface area contributed by atoms with Crippen molar-refractivity contribution in [2.24, 2.45) is 11.3 Å². The second-order valence-corrected chi connectivity index (χ2v) is 12.4. The van der Waals surface area contributed by atoms with E-state index in [9.17, 15) is 10.2 Å². The highest BCUT2D eigenvalue weighted by molar-refractivity contribution is 5.82. The number of nitrogens with zero attached hydrogens (tertiary/aromatic N) is 2. The lowest BCUT2D eigenvalue weighted by atomic mass is 9.56. The largest absolute Gasteiger partial charge is 0.441 e. The maximum Gasteiger partial charge on any atom is 0.192 e. The highest BCUT2D eigenvalue weighted by Crippen LogP contribution is 2.70. The van der Waals surface area contributed by atoms with Gasteiger partial charge in [-0.2, -0.15) is 0 Å². The Hall–Kier alpha value is -2.06. The average molecular weight is 495 g/mol. The summed E-state index contributed by atoms with van der Waals surface area (Å²) < 4.78 is 29.7. The number of likely N-dealkylation sites (N-methyl/N-ethyl adjacent to an activating group) is 1. The Morgan fingerprint density at radius 2 is 1.97 bits per heavy atom. The average Bonchev–Trinajstić information content (AvgIpc) is 3.49. The minimum absolute atomic E-state index is 0.136. The van der Waals surface area contributed by atoms with Gasteiger partial charge in [-0.05, 0) is 75.0 Å². The van der Waals surface area contributed by atoms with E-state index in [2.05, 4.69) is 36.2 Å². The third-order valence-electron chi connectivity index (χ3n) is 10.5. The zero-order valence-corrected chi connectivity index (χ0v) is 21.4. The number of aliphatic hydroxyl groups is 2. The number of alkyl halides is 1. The molecule has 192 valence electrons. The Bertz CT molecular complexity index is 1330. The lowest BCUT2D eigenvalue weighted by molar-refractivity contribution is -0.282. The number of aromatic nitrogens is 1. The molecule has 7 rings (SSSR count). The molecule has 2 bridgehead atoms. The third kappa shape index (κ3) is 2.62. The van der Waals surface area contributed by atoms with Crippen molar-refractivity contribution in [3.63, 3.8) is 0 Å². The van der Waals surface area contributed by atoms with E-state index in [0.29, 0.717) is 18.7 Å². The first-order valence-electron chi connectivity index (χ1n) is 13.2. The fourth-order valence-electron chi connectivity index (χ4n) is 8.64. The molecule has 0 amide bonds. The van der Waals surface area contributed by atoms with E-state index < -0.39 is 29.1 Å². The normalized spacial score (nSPS) is 45.3. The molecule has 7 heteroatoms. The summed E-state index contributed by atoms with van der Waals surface area (Å²) in [7, 11) is 3.75. The number of aryl methyl sites for hydroxylation is 1. The number of hydrogen-bond donors (Lipinski definition) is 2. The highest BCUT2D eigenvalue weighted by Gasteiger charge is 2.76. The van der Waals surface area contributed by atoms with Crippen molar-refractivity contribution in [1.29, 1.82) is 0 Å². The third-order valence-corrected chi connectivity index (χ3v) is 10.5. The van der Waals surface area contributed by atoms with Crippen LogP contribution in [0.25, 0.3) is 16.7 Å². The van der Waals surface area contributed by atoms with Crippen LogP contribution < -0.4 is 0 Å². The second kappa shape index (κ2) is 7.07. The molecular weight excluding hydrogens is 459 g/mol. The molecule has 2 N–H and O–H groups in total. The lowest BCUT2D eigenvalue weighted by Crippen LogP contribution is -2.73. The van der Waals surface area contributed by atoms with Gasteiger partial charge in [0.1, 0.15) is 17.2 Å². The smallest absolute Gasteiger partial charge is 0.192 e. The van der Waals surface area contributed by atoms with Crippen LogP contribution in [0.4, 0.5) is 4.39 Å². The fraction of sp³-hybridized carbons (Fsp3) is 0.621. The lowest BCUT2D eigenvalue weighted by Gasteiger charge is -2.61. The Kier molecular flexibility index (Phi) is 4.53. The molecule has 1 aromatic carbocycles. The van der Waals surface area contributed by atoms with Crippen LogP contribution >= 0.6 is 0 Å². The summed E-state index contributed by atoms with van der Waals surface area (Å²) in [6, 6.07) is 5.90. The van der Waals surface area contributed by atoms with Gasteiger partial charge in [0.15, 0.2) is 17.1 Å². The summed E-state index contributed by atoms with van der Waals surface area (Å²) in [5, 5.41) is 21.9. The topological polar surface area (TPSA) is 79.0 Å². The SMILES string of the molecule is Cc1nc2ccc(C3=CCC4C3(C)CC=C3CC5(F)C(O)C(O)C(N(C)C)CC56CCC34O6)cc2o1. The minimum Gasteiger partial charge on any atom is -0.441 e. The quantitative estimate of drug-likeness (QED) is 0.605. The number of halogens is 1. The number of ether oxygens (including phenoxy) is 1. The van der Waals surface area contributed by atoms with Crippen LogP contribution in [0, 0.1) is 18.3 Å². The van der Waals surface area contributed by atoms with Crippen molar-refractivity contribution < 1.29 is 23.8 Å². The zero-order chi connectivity index (χ0) is 25.3. The molecule has 3 fully saturated rings. The number of fused-ring (bicyclic) bond motifs is 2. The number of hydrogen-bond acceptors (Lipinski definition) is 6. The maximum atomic E-state index is 16.9. The standard InChI is InChI=1S/C29H35FN2O4/c1-16-31-20-7-5-17(13-22(20)35-16)19-6-8-23-26(19,2)10-9-18-14-29(30)25(34)24(33)21(32(3)4)15-27(29)11-12-28(18,23)36-27/h5-7,9,13,21,23-25,33-34H,8,10-12,14-15H2,1-4H3. The molecule has 2 spiro atoms. The molecule has 1 saturated carbocycles. The van der Waals surface area contributed by atoms with Gasteiger partial charge in [-0.25, -0.2) is 9.37 Å². The van der Waals surface area contributed by atoms with E-state index in [1.807, 2.05) is 32.0 Å². The summed E-state index contributed by atoms with van der Waals surface area (Å²) in [4.78, 5) is 6.34. The van der Waals surface area contributed by atoms with Gasteiger partial charge in [0.25, 0.3) is 0 Å². The number of allylic oxidation sites excluding steroid dienone is 3. The van der Waals surface area contributed by atoms with Crippen LogP contribution in [0.3, 0.4) is 0 Å². The molecule has 2 saturated heterocycles. The molecule has 8 atom stereocenters. The molecule has 8 unspecified atom stereocenters. The number of oxazole rings is 1. The van der Waals surface area contributed by atoms with Crippen molar-refractivity contribution in [2.75, 3.05) is 14.1 Å². The molecular formula is C29H35FN2O4. The van der Waals surface area contributed by atoms with Gasteiger partial charge in [0, 0.05) is 30.7 Å². The van der Waals surface area contributed by atoms with Gasteiger partial charge in [0.2, 0.25) is 0 Å². The molecule has 6 nitrogen and oxygen atoms in total. The predicted octanol–water partition coefficient (Wildman–Crippen LogP) is 4.33. The van der Waals surface area contributed by atoms with Gasteiger partial charge in [-0.15, -0.1) is 0 Å². The van der Waals surface area contributed by atoms with Crippen LogP contribution in [-0.2, 0) is 4.74 Å². The predicted molar refractivity (Wildman–Crippen MR) is 134 cm³/mol. The molecule has 3 heterocycles. The molecule has 0 radical (unpaired) electrons. The van der Waals surface area contributed by atoms with E-state index >= 15 is 4.39 Å². The highest BCUT2D eigenvalue weighted by atomic mass is 19.1. The van der Waals surface area contributed by atoms with Crippen LogP contribution in [0.15, 0.2) is 40.3 Å². The molecule has 36 heavy (non-hydrogen) atoms. The first kappa shape index (κ1) is 23.1. The molecule has 2 aliphatic heterocycles. The maximum absolute atomic E-state index is 16.9. The van der Waals surface area contributed by atoms with Crippen molar-refractivity contribution >= 4 is 16.7 Å². The van der Waals surface area contributed by atoms with Crippen molar-refractivity contribution in [3.8, 4) is 0 Å². The van der Waals surface area contributed by atoms with Crippen molar-refractivity contribution in [1.82, 2.24) is 9.88 Å². The molecule has 3 aliphatic carbocycles. The van der Waals surface area contributed by atoms with Gasteiger partial charge in [0.05, 0.1) is 11.7 Å². The van der Waals surface area contributed by atoms with Crippen LogP contribution in [0.2, 0.25) is 0 Å². The summed E-state index contributed by atoms with van der Waals surface area (Å²) >= 11 is 0. The summed E-state index contributed by atoms with van der Waals surface area (Å²) in [5.74, 6) is 0.853. The monoisotopic (exact) mass is 494 g/mol. The van der Waals surface area contributed by atoms with E-state index in [4.69, 9.17) is 9.15 Å². The number of rotatable bonds is 2.